The first kappa shape index (κ1) is 32.4. The predicted molar refractivity (Wildman–Crippen MR) is 168 cm³/mol. The highest BCUT2D eigenvalue weighted by atomic mass is 35.5. The molecule has 1 atom stereocenters. The van der Waals surface area contributed by atoms with E-state index in [1.165, 1.54) is 11.8 Å². The summed E-state index contributed by atoms with van der Waals surface area (Å²) in [6.45, 7) is 5.25. The minimum atomic E-state index is -3.93. The molecular formula is C31H35Cl2N3O6S. The lowest BCUT2D eigenvalue weighted by molar-refractivity contribution is -0.140. The molecule has 3 aromatic rings. The molecule has 0 aromatic heterocycles. The zero-order valence-corrected chi connectivity index (χ0v) is 26.6. The lowest BCUT2D eigenvalue weighted by Gasteiger charge is -2.34. The number of halogens is 2. The topological polar surface area (TPSA) is 105 Å². The maximum atomic E-state index is 14.3. The molecule has 0 bridgehead atoms. The molecule has 4 rings (SSSR count). The van der Waals surface area contributed by atoms with E-state index in [1.54, 1.807) is 36.4 Å². The molecular weight excluding hydrogens is 613 g/mol. The third-order valence-corrected chi connectivity index (χ3v) is 9.18. The Labute approximate surface area is 262 Å². The van der Waals surface area contributed by atoms with E-state index < -0.39 is 28.5 Å². The smallest absolute Gasteiger partial charge is 0.244 e. The van der Waals surface area contributed by atoms with Crippen LogP contribution in [0.25, 0.3) is 0 Å². The average Bonchev–Trinajstić information content (AvgIpc) is 2.98. The van der Waals surface area contributed by atoms with Gasteiger partial charge in [0.1, 0.15) is 25.8 Å². The number of anilines is 1. The van der Waals surface area contributed by atoms with Gasteiger partial charge >= 0.3 is 0 Å². The Hall–Kier alpha value is -3.47. The van der Waals surface area contributed by atoms with Crippen molar-refractivity contribution in [3.63, 3.8) is 0 Å². The van der Waals surface area contributed by atoms with Crippen molar-refractivity contribution in [3.05, 3.63) is 87.9 Å². The number of nitrogens with one attached hydrogen (secondary N) is 1. The number of fused-ring (bicyclic) bond motifs is 1. The van der Waals surface area contributed by atoms with Crippen LogP contribution in [0.5, 0.6) is 11.5 Å². The van der Waals surface area contributed by atoms with Crippen LogP contribution in [-0.4, -0.2) is 62.7 Å². The van der Waals surface area contributed by atoms with Crippen LogP contribution in [0.2, 0.25) is 10.0 Å². The number of rotatable bonds is 12. The Balaban J connectivity index is 1.77. The lowest BCUT2D eigenvalue weighted by Crippen LogP contribution is -2.54. The average molecular weight is 649 g/mol. The molecule has 1 aliphatic heterocycles. The minimum absolute atomic E-state index is 0.0565. The Bertz CT molecular complexity index is 1550. The van der Waals surface area contributed by atoms with Gasteiger partial charge in [0.15, 0.2) is 11.5 Å². The minimum Gasteiger partial charge on any atom is -0.486 e. The van der Waals surface area contributed by atoms with Gasteiger partial charge in [-0.15, -0.1) is 0 Å². The first-order valence-corrected chi connectivity index (χ1v) is 16.3. The van der Waals surface area contributed by atoms with Gasteiger partial charge in [-0.3, -0.25) is 13.9 Å². The van der Waals surface area contributed by atoms with Crippen LogP contribution < -0.4 is 19.1 Å². The maximum Gasteiger partial charge on any atom is 0.244 e. The monoisotopic (exact) mass is 647 g/mol. The highest BCUT2D eigenvalue weighted by Gasteiger charge is 2.34. The predicted octanol–water partition coefficient (Wildman–Crippen LogP) is 5.09. The van der Waals surface area contributed by atoms with Crippen LogP contribution in [0, 0.1) is 0 Å². The first-order valence-electron chi connectivity index (χ1n) is 14.0. The second-order valence-corrected chi connectivity index (χ2v) is 13.4. The highest BCUT2D eigenvalue weighted by Crippen LogP contribution is 2.35. The SMILES string of the molecule is CCS(=O)(=O)N(CC(=O)N(Cc1ccc(Cl)cc1Cl)C(Cc1ccccc1)C(=O)NC(C)C)c1ccc2c(c1)OCCO2. The largest absolute Gasteiger partial charge is 0.486 e. The number of hydrogen-bond acceptors (Lipinski definition) is 6. The molecule has 1 unspecified atom stereocenters. The molecule has 3 aromatic carbocycles. The summed E-state index contributed by atoms with van der Waals surface area (Å²) in [5.41, 5.74) is 1.63. The van der Waals surface area contributed by atoms with Crippen LogP contribution >= 0.6 is 23.2 Å². The van der Waals surface area contributed by atoms with Gasteiger partial charge in [-0.2, -0.15) is 0 Å². The number of carbonyl (C=O) groups is 2. The van der Waals surface area contributed by atoms with Gasteiger partial charge in [0.25, 0.3) is 0 Å². The van der Waals surface area contributed by atoms with Crippen molar-refractivity contribution in [1.82, 2.24) is 10.2 Å². The molecule has 230 valence electrons. The van der Waals surface area contributed by atoms with Crippen molar-refractivity contribution in [2.75, 3.05) is 29.8 Å². The van der Waals surface area contributed by atoms with Crippen molar-refractivity contribution in [2.24, 2.45) is 0 Å². The van der Waals surface area contributed by atoms with Gasteiger partial charge in [-0.25, -0.2) is 8.42 Å². The third-order valence-electron chi connectivity index (χ3n) is 6.85. The summed E-state index contributed by atoms with van der Waals surface area (Å²) in [4.78, 5) is 29.4. The Morgan fingerprint density at radius 3 is 2.30 bits per heavy atom. The molecule has 0 saturated carbocycles. The summed E-state index contributed by atoms with van der Waals surface area (Å²) >= 11 is 12.6. The van der Waals surface area contributed by atoms with Gasteiger partial charge in [0.05, 0.1) is 11.4 Å². The second kappa shape index (κ2) is 14.3. The summed E-state index contributed by atoms with van der Waals surface area (Å²) < 4.78 is 39.1. The fourth-order valence-electron chi connectivity index (χ4n) is 4.68. The van der Waals surface area contributed by atoms with E-state index in [0.29, 0.717) is 40.3 Å². The zero-order chi connectivity index (χ0) is 31.1. The zero-order valence-electron chi connectivity index (χ0n) is 24.3. The van der Waals surface area contributed by atoms with Gasteiger partial charge < -0.3 is 19.7 Å². The molecule has 1 aliphatic rings. The fourth-order valence-corrected chi connectivity index (χ4v) is 6.20. The van der Waals surface area contributed by atoms with Crippen LogP contribution in [0.3, 0.4) is 0 Å². The van der Waals surface area contributed by atoms with Crippen LogP contribution in [0.4, 0.5) is 5.69 Å². The van der Waals surface area contributed by atoms with Crippen molar-refractivity contribution >= 4 is 50.7 Å². The standard InChI is InChI=1S/C31H35Cl2N3O6S/c1-4-43(39,40)36(25-12-13-28-29(18-25)42-15-14-41-28)20-30(37)35(19-23-10-11-24(32)17-26(23)33)27(31(38)34-21(2)3)16-22-8-6-5-7-9-22/h5-13,17-18,21,27H,4,14-16,19-20H2,1-3H3,(H,34,38). The number of benzene rings is 3. The van der Waals surface area contributed by atoms with Gasteiger partial charge in [0, 0.05) is 35.1 Å². The molecule has 0 fully saturated rings. The lowest BCUT2D eigenvalue weighted by atomic mass is 10.0. The van der Waals surface area contributed by atoms with Crippen molar-refractivity contribution in [3.8, 4) is 11.5 Å². The molecule has 43 heavy (non-hydrogen) atoms. The summed E-state index contributed by atoms with van der Waals surface area (Å²) in [7, 11) is -3.93. The van der Waals surface area contributed by atoms with E-state index in [9.17, 15) is 18.0 Å². The quantitative estimate of drug-likeness (QED) is 0.294. The van der Waals surface area contributed by atoms with Gasteiger partial charge in [-0.05, 0) is 56.2 Å². The Morgan fingerprint density at radius 2 is 1.65 bits per heavy atom. The molecule has 0 radical (unpaired) electrons. The van der Waals surface area contributed by atoms with Gasteiger partial charge in [-0.1, -0.05) is 59.6 Å². The highest BCUT2D eigenvalue weighted by molar-refractivity contribution is 7.92. The van der Waals surface area contributed by atoms with Crippen LogP contribution in [0.1, 0.15) is 31.9 Å². The number of hydrogen-bond donors (Lipinski definition) is 1. The number of nitrogens with zero attached hydrogens (tertiary/aromatic N) is 2. The van der Waals surface area contributed by atoms with Crippen molar-refractivity contribution < 1.29 is 27.5 Å². The van der Waals surface area contributed by atoms with Crippen molar-refractivity contribution in [1.29, 1.82) is 0 Å². The van der Waals surface area contributed by atoms with E-state index in [-0.39, 0.29) is 36.4 Å². The van der Waals surface area contributed by atoms with E-state index in [1.807, 2.05) is 44.2 Å². The summed E-state index contributed by atoms with van der Waals surface area (Å²) in [6, 6.07) is 17.8. The molecule has 0 spiro atoms. The third kappa shape index (κ3) is 8.34. The molecule has 2 amide bonds. The van der Waals surface area contributed by atoms with E-state index in [0.717, 1.165) is 9.87 Å². The summed E-state index contributed by atoms with van der Waals surface area (Å²) in [6.07, 6.45) is 0.195. The van der Waals surface area contributed by atoms with Crippen LogP contribution in [-0.2, 0) is 32.6 Å². The van der Waals surface area contributed by atoms with E-state index in [2.05, 4.69) is 5.32 Å². The number of sulfonamides is 1. The van der Waals surface area contributed by atoms with Crippen LogP contribution in [0.15, 0.2) is 66.7 Å². The molecule has 9 nitrogen and oxygen atoms in total. The number of carbonyl (C=O) groups excluding carboxylic acids is 2. The Kier molecular flexibility index (Phi) is 10.8. The molecule has 0 aliphatic carbocycles. The fraction of sp³-hybridized carbons (Fsp3) is 0.355. The van der Waals surface area contributed by atoms with E-state index >= 15 is 0 Å². The first-order chi connectivity index (χ1) is 20.5. The maximum absolute atomic E-state index is 14.3. The number of amides is 2. The van der Waals surface area contributed by atoms with Gasteiger partial charge in [0.2, 0.25) is 21.8 Å². The second-order valence-electron chi connectivity index (χ2n) is 10.4. The molecule has 0 saturated heterocycles. The number of ether oxygens (including phenoxy) is 2. The normalized spacial score (nSPS) is 13.3. The molecule has 1 heterocycles. The van der Waals surface area contributed by atoms with Crippen molar-refractivity contribution in [2.45, 2.75) is 45.8 Å². The van der Waals surface area contributed by atoms with E-state index in [4.69, 9.17) is 32.7 Å². The Morgan fingerprint density at radius 1 is 0.953 bits per heavy atom. The summed E-state index contributed by atoms with van der Waals surface area (Å²) in [5.74, 6) is -0.337. The molecule has 12 heteroatoms. The summed E-state index contributed by atoms with van der Waals surface area (Å²) in [5, 5.41) is 3.66. The molecule has 1 N–H and O–H groups in total.